The van der Waals surface area contributed by atoms with Gasteiger partial charge in [0.1, 0.15) is 0 Å². The Morgan fingerprint density at radius 2 is 2.22 bits per heavy atom. The van der Waals surface area contributed by atoms with Crippen LogP contribution in [-0.2, 0) is 21.3 Å². The van der Waals surface area contributed by atoms with Crippen LogP contribution in [0.15, 0.2) is 11.2 Å². The van der Waals surface area contributed by atoms with Gasteiger partial charge >= 0.3 is 0 Å². The molecule has 0 amide bonds. The van der Waals surface area contributed by atoms with Gasteiger partial charge in [-0.1, -0.05) is 13.8 Å². The molecule has 0 aliphatic heterocycles. The molecule has 1 aromatic rings. The molecular weight excluding hydrogens is 256 g/mol. The Kier molecular flexibility index (Phi) is 5.73. The van der Waals surface area contributed by atoms with Crippen molar-refractivity contribution in [3.63, 3.8) is 0 Å². The summed E-state index contributed by atoms with van der Waals surface area (Å²) in [5.41, 5.74) is 0.619. The second-order valence-corrected chi connectivity index (χ2v) is 5.85. The van der Waals surface area contributed by atoms with Crippen LogP contribution in [0, 0.1) is 0 Å². The van der Waals surface area contributed by atoms with Crippen LogP contribution in [0.1, 0.15) is 19.4 Å². The number of nitrogens with zero attached hydrogens (tertiary/aromatic N) is 1. The van der Waals surface area contributed by atoms with Gasteiger partial charge in [-0.15, -0.1) is 0 Å². The van der Waals surface area contributed by atoms with Crippen LogP contribution in [0.5, 0.6) is 0 Å². The Morgan fingerprint density at radius 1 is 1.50 bits per heavy atom. The van der Waals surface area contributed by atoms with E-state index in [0.29, 0.717) is 18.7 Å². The number of sulfonamides is 1. The van der Waals surface area contributed by atoms with E-state index in [1.807, 2.05) is 13.8 Å². The molecule has 18 heavy (non-hydrogen) atoms. The zero-order valence-electron chi connectivity index (χ0n) is 10.9. The Hall–Kier alpha value is -0.960. The van der Waals surface area contributed by atoms with Gasteiger partial charge in [0.25, 0.3) is 10.0 Å². The lowest BCUT2D eigenvalue weighted by molar-refractivity contribution is 0.204. The van der Waals surface area contributed by atoms with E-state index in [0.717, 1.165) is 0 Å². The fourth-order valence-corrected chi connectivity index (χ4v) is 2.46. The number of H-pyrrole nitrogens is 1. The van der Waals surface area contributed by atoms with Crippen molar-refractivity contribution in [2.45, 2.75) is 31.5 Å². The maximum absolute atomic E-state index is 12.0. The van der Waals surface area contributed by atoms with Crippen molar-refractivity contribution >= 4 is 10.0 Å². The van der Waals surface area contributed by atoms with Gasteiger partial charge in [-0.05, 0) is 0 Å². The standard InChI is InChI=1S/C10H20N4O3S/c1-8(2)11-6-9-7-12-14-10(9)18(15,16)13-4-5-17-3/h7-8,11,13H,4-6H2,1-3H3,(H,12,14). The molecule has 0 saturated carbocycles. The van der Waals surface area contributed by atoms with Gasteiger partial charge in [-0.25, -0.2) is 13.1 Å². The van der Waals surface area contributed by atoms with Crippen molar-refractivity contribution in [3.05, 3.63) is 11.8 Å². The number of aromatic amines is 1. The van der Waals surface area contributed by atoms with Gasteiger partial charge in [-0.3, -0.25) is 5.10 Å². The Morgan fingerprint density at radius 3 is 2.83 bits per heavy atom. The number of ether oxygens (including phenoxy) is 1. The molecular formula is C10H20N4O3S. The Labute approximate surface area is 107 Å². The van der Waals surface area contributed by atoms with Gasteiger partial charge in [0.2, 0.25) is 0 Å². The summed E-state index contributed by atoms with van der Waals surface area (Å²) in [4.78, 5) is 0. The van der Waals surface area contributed by atoms with Crippen molar-refractivity contribution in [2.24, 2.45) is 0 Å². The summed E-state index contributed by atoms with van der Waals surface area (Å²) >= 11 is 0. The quantitative estimate of drug-likeness (QED) is 0.573. The van der Waals surface area contributed by atoms with Gasteiger partial charge in [0, 0.05) is 31.8 Å². The van der Waals surface area contributed by atoms with Crippen LogP contribution in [0.3, 0.4) is 0 Å². The highest BCUT2D eigenvalue weighted by atomic mass is 32.2. The number of rotatable bonds is 8. The molecule has 1 heterocycles. The first-order chi connectivity index (χ1) is 8.47. The molecule has 104 valence electrons. The predicted molar refractivity (Wildman–Crippen MR) is 67.6 cm³/mol. The van der Waals surface area contributed by atoms with E-state index in [9.17, 15) is 8.42 Å². The normalized spacial score (nSPS) is 12.2. The van der Waals surface area contributed by atoms with Crippen molar-refractivity contribution in [1.82, 2.24) is 20.2 Å². The molecule has 0 aromatic carbocycles. The van der Waals surface area contributed by atoms with Crippen LogP contribution in [0.2, 0.25) is 0 Å². The van der Waals surface area contributed by atoms with E-state index in [1.165, 1.54) is 13.3 Å². The molecule has 0 radical (unpaired) electrons. The SMILES string of the molecule is COCCNS(=O)(=O)c1[nH]ncc1CNC(C)C. The maximum atomic E-state index is 12.0. The number of methoxy groups -OCH3 is 1. The molecule has 0 bridgehead atoms. The van der Waals surface area contributed by atoms with E-state index in [1.54, 1.807) is 0 Å². The minimum absolute atomic E-state index is 0.103. The van der Waals surface area contributed by atoms with Gasteiger partial charge < -0.3 is 10.1 Å². The summed E-state index contributed by atoms with van der Waals surface area (Å²) in [5, 5.41) is 9.55. The Balaban J connectivity index is 2.73. The predicted octanol–water partition coefficient (Wildman–Crippen LogP) is -0.168. The third kappa shape index (κ3) is 4.37. The number of aromatic nitrogens is 2. The molecule has 1 aromatic heterocycles. The second kappa shape index (κ2) is 6.83. The maximum Gasteiger partial charge on any atom is 0.257 e. The highest BCUT2D eigenvalue weighted by Crippen LogP contribution is 2.11. The van der Waals surface area contributed by atoms with Crippen molar-refractivity contribution in [2.75, 3.05) is 20.3 Å². The first-order valence-electron chi connectivity index (χ1n) is 5.71. The van der Waals surface area contributed by atoms with Gasteiger partial charge in [0.05, 0.1) is 12.8 Å². The summed E-state index contributed by atoms with van der Waals surface area (Å²) < 4.78 is 31.2. The largest absolute Gasteiger partial charge is 0.383 e. The first-order valence-corrected chi connectivity index (χ1v) is 7.20. The fraction of sp³-hybridized carbons (Fsp3) is 0.700. The average molecular weight is 276 g/mol. The van der Waals surface area contributed by atoms with Crippen molar-refractivity contribution < 1.29 is 13.2 Å². The molecule has 0 fully saturated rings. The summed E-state index contributed by atoms with van der Waals surface area (Å²) in [7, 11) is -2.04. The van der Waals surface area contributed by atoms with Crippen LogP contribution in [0.25, 0.3) is 0 Å². The summed E-state index contributed by atoms with van der Waals surface area (Å²) in [5.74, 6) is 0. The Bertz CT molecular complexity index is 455. The molecule has 0 spiro atoms. The van der Waals surface area contributed by atoms with Crippen molar-refractivity contribution in [1.29, 1.82) is 0 Å². The molecule has 1 rings (SSSR count). The minimum Gasteiger partial charge on any atom is -0.383 e. The van der Waals surface area contributed by atoms with Crippen LogP contribution >= 0.6 is 0 Å². The van der Waals surface area contributed by atoms with Crippen LogP contribution < -0.4 is 10.0 Å². The topological polar surface area (TPSA) is 96.1 Å². The molecule has 0 unspecified atom stereocenters. The lowest BCUT2D eigenvalue weighted by atomic mass is 10.3. The van der Waals surface area contributed by atoms with Crippen molar-refractivity contribution in [3.8, 4) is 0 Å². The van der Waals surface area contributed by atoms with E-state index >= 15 is 0 Å². The van der Waals surface area contributed by atoms with E-state index < -0.39 is 10.0 Å². The number of nitrogens with one attached hydrogen (secondary N) is 3. The highest BCUT2D eigenvalue weighted by molar-refractivity contribution is 7.89. The van der Waals surface area contributed by atoms with E-state index in [4.69, 9.17) is 4.74 Å². The lowest BCUT2D eigenvalue weighted by Gasteiger charge is -2.09. The summed E-state index contributed by atoms with van der Waals surface area (Å²) in [6, 6.07) is 0.275. The molecule has 7 nitrogen and oxygen atoms in total. The van der Waals surface area contributed by atoms with Crippen LogP contribution in [-0.4, -0.2) is 44.9 Å². The zero-order chi connectivity index (χ0) is 13.6. The highest BCUT2D eigenvalue weighted by Gasteiger charge is 2.20. The molecule has 0 aliphatic rings. The third-order valence-electron chi connectivity index (χ3n) is 2.25. The zero-order valence-corrected chi connectivity index (χ0v) is 11.7. The molecule has 0 saturated heterocycles. The smallest absolute Gasteiger partial charge is 0.257 e. The van der Waals surface area contributed by atoms with Gasteiger partial charge in [0.15, 0.2) is 5.03 Å². The second-order valence-electron chi connectivity index (χ2n) is 4.15. The van der Waals surface area contributed by atoms with E-state index in [-0.39, 0.29) is 17.6 Å². The summed E-state index contributed by atoms with van der Waals surface area (Å²) in [6.45, 7) is 4.99. The molecule has 0 aliphatic carbocycles. The minimum atomic E-state index is -3.56. The monoisotopic (exact) mass is 276 g/mol. The average Bonchev–Trinajstić information content (AvgIpc) is 2.75. The van der Waals surface area contributed by atoms with Gasteiger partial charge in [-0.2, -0.15) is 5.10 Å². The molecule has 8 heteroatoms. The lowest BCUT2D eigenvalue weighted by Crippen LogP contribution is -2.29. The first kappa shape index (κ1) is 15.1. The summed E-state index contributed by atoms with van der Waals surface area (Å²) in [6.07, 6.45) is 1.51. The molecule has 0 atom stereocenters. The van der Waals surface area contributed by atoms with E-state index in [2.05, 4.69) is 20.2 Å². The molecule has 3 N–H and O–H groups in total. The number of hydrogen-bond acceptors (Lipinski definition) is 5. The number of hydrogen-bond donors (Lipinski definition) is 3. The van der Waals surface area contributed by atoms with Crippen LogP contribution in [0.4, 0.5) is 0 Å². The third-order valence-corrected chi connectivity index (χ3v) is 3.72. The fourth-order valence-electron chi connectivity index (χ4n) is 1.32.